The third-order valence-electron chi connectivity index (χ3n) is 2.82. The molecule has 0 aliphatic rings. The third-order valence-corrected chi connectivity index (χ3v) is 3.81. The predicted molar refractivity (Wildman–Crippen MR) is 82.3 cm³/mol. The minimum atomic E-state index is 0.645. The van der Waals surface area contributed by atoms with Crippen LogP contribution in [0.5, 0.6) is 5.88 Å². The molecular formula is C15H21N3OS. The molecule has 0 bridgehead atoms. The SMILES string of the molecule is COc1ccc(Cc2ncc(CNCC(C)C)s2)cn1. The van der Waals surface area contributed by atoms with Crippen molar-refractivity contribution < 1.29 is 4.74 Å². The number of nitrogens with zero attached hydrogens (tertiary/aromatic N) is 2. The Morgan fingerprint density at radius 2 is 2.10 bits per heavy atom. The van der Waals surface area contributed by atoms with E-state index in [1.165, 1.54) is 4.88 Å². The summed E-state index contributed by atoms with van der Waals surface area (Å²) in [6.45, 7) is 6.36. The van der Waals surface area contributed by atoms with Gasteiger partial charge in [0.1, 0.15) is 0 Å². The maximum absolute atomic E-state index is 5.05. The molecule has 2 aromatic rings. The van der Waals surface area contributed by atoms with E-state index < -0.39 is 0 Å². The first kappa shape index (κ1) is 14.9. The molecule has 0 radical (unpaired) electrons. The second kappa shape index (κ2) is 7.36. The number of rotatable bonds is 7. The smallest absolute Gasteiger partial charge is 0.212 e. The summed E-state index contributed by atoms with van der Waals surface area (Å²) in [5, 5.41) is 4.56. The Labute approximate surface area is 124 Å². The number of thiazole rings is 1. The van der Waals surface area contributed by atoms with E-state index in [2.05, 4.69) is 29.1 Å². The van der Waals surface area contributed by atoms with Crippen LogP contribution in [0.3, 0.4) is 0 Å². The first-order chi connectivity index (χ1) is 9.67. The number of ether oxygens (including phenoxy) is 1. The lowest BCUT2D eigenvalue weighted by Gasteiger charge is -2.04. The van der Waals surface area contributed by atoms with Crippen LogP contribution in [0.2, 0.25) is 0 Å². The molecule has 2 rings (SSSR count). The molecule has 2 heterocycles. The largest absolute Gasteiger partial charge is 0.481 e. The first-order valence-corrected chi connectivity index (χ1v) is 7.62. The van der Waals surface area contributed by atoms with Crippen molar-refractivity contribution in [2.45, 2.75) is 26.8 Å². The minimum absolute atomic E-state index is 0.645. The van der Waals surface area contributed by atoms with Gasteiger partial charge in [0.2, 0.25) is 5.88 Å². The lowest BCUT2D eigenvalue weighted by Crippen LogP contribution is -2.18. The van der Waals surface area contributed by atoms with Gasteiger partial charge in [0.15, 0.2) is 0 Å². The highest BCUT2D eigenvalue weighted by atomic mass is 32.1. The van der Waals surface area contributed by atoms with Crippen LogP contribution in [0, 0.1) is 5.92 Å². The van der Waals surface area contributed by atoms with Gasteiger partial charge in [0, 0.05) is 36.3 Å². The van der Waals surface area contributed by atoms with Crippen molar-refractivity contribution in [3.63, 3.8) is 0 Å². The number of methoxy groups -OCH3 is 1. The van der Waals surface area contributed by atoms with Gasteiger partial charge in [-0.05, 0) is 18.0 Å². The van der Waals surface area contributed by atoms with Crippen LogP contribution in [-0.2, 0) is 13.0 Å². The van der Waals surface area contributed by atoms with E-state index in [4.69, 9.17) is 4.74 Å². The van der Waals surface area contributed by atoms with Gasteiger partial charge < -0.3 is 10.1 Å². The standard InChI is InChI=1S/C15H21N3OS/c1-11(2)7-16-9-13-10-18-15(20-13)6-12-4-5-14(19-3)17-8-12/h4-5,8,10-11,16H,6-7,9H2,1-3H3. The van der Waals surface area contributed by atoms with Crippen molar-refractivity contribution in [1.82, 2.24) is 15.3 Å². The molecule has 0 fully saturated rings. The van der Waals surface area contributed by atoms with Gasteiger partial charge >= 0.3 is 0 Å². The number of pyridine rings is 1. The quantitative estimate of drug-likeness (QED) is 0.852. The molecule has 0 atom stereocenters. The fourth-order valence-electron chi connectivity index (χ4n) is 1.81. The predicted octanol–water partition coefficient (Wildman–Crippen LogP) is 2.88. The van der Waals surface area contributed by atoms with Crippen LogP contribution in [0.15, 0.2) is 24.5 Å². The summed E-state index contributed by atoms with van der Waals surface area (Å²) in [6.07, 6.45) is 4.63. The van der Waals surface area contributed by atoms with Gasteiger partial charge in [-0.1, -0.05) is 19.9 Å². The lowest BCUT2D eigenvalue weighted by atomic mass is 10.2. The second-order valence-electron chi connectivity index (χ2n) is 5.13. The van der Waals surface area contributed by atoms with Crippen molar-refractivity contribution >= 4 is 11.3 Å². The van der Waals surface area contributed by atoms with Crippen molar-refractivity contribution in [3.8, 4) is 5.88 Å². The molecule has 0 aliphatic carbocycles. The van der Waals surface area contributed by atoms with E-state index in [1.807, 2.05) is 24.5 Å². The Kier molecular flexibility index (Phi) is 5.49. The van der Waals surface area contributed by atoms with E-state index in [0.717, 1.165) is 30.1 Å². The highest BCUT2D eigenvalue weighted by Gasteiger charge is 2.04. The molecule has 0 spiro atoms. The lowest BCUT2D eigenvalue weighted by molar-refractivity contribution is 0.397. The fraction of sp³-hybridized carbons (Fsp3) is 0.467. The van der Waals surface area contributed by atoms with Crippen molar-refractivity contribution in [1.29, 1.82) is 0 Å². The molecule has 5 heteroatoms. The molecule has 0 saturated heterocycles. The van der Waals surface area contributed by atoms with Gasteiger partial charge in [-0.3, -0.25) is 0 Å². The Morgan fingerprint density at radius 3 is 2.75 bits per heavy atom. The topological polar surface area (TPSA) is 47.0 Å². The summed E-state index contributed by atoms with van der Waals surface area (Å²) in [4.78, 5) is 9.96. The van der Waals surface area contributed by atoms with E-state index in [-0.39, 0.29) is 0 Å². The number of aromatic nitrogens is 2. The summed E-state index contributed by atoms with van der Waals surface area (Å²) in [6, 6.07) is 3.91. The number of nitrogens with one attached hydrogen (secondary N) is 1. The summed E-state index contributed by atoms with van der Waals surface area (Å²) in [7, 11) is 1.62. The third kappa shape index (κ3) is 4.58. The molecule has 0 saturated carbocycles. The van der Waals surface area contributed by atoms with Gasteiger partial charge in [0.05, 0.1) is 12.1 Å². The van der Waals surface area contributed by atoms with Gasteiger partial charge in [-0.2, -0.15) is 0 Å². The normalized spacial score (nSPS) is 11.0. The average molecular weight is 291 g/mol. The number of hydrogen-bond donors (Lipinski definition) is 1. The Balaban J connectivity index is 1.88. The van der Waals surface area contributed by atoms with Crippen LogP contribution in [0.25, 0.3) is 0 Å². The van der Waals surface area contributed by atoms with Gasteiger partial charge in [-0.25, -0.2) is 9.97 Å². The molecule has 0 amide bonds. The molecule has 2 aromatic heterocycles. The Morgan fingerprint density at radius 1 is 1.25 bits per heavy atom. The maximum Gasteiger partial charge on any atom is 0.212 e. The molecule has 20 heavy (non-hydrogen) atoms. The summed E-state index contributed by atoms with van der Waals surface area (Å²) in [5.74, 6) is 1.32. The monoisotopic (exact) mass is 291 g/mol. The Hall–Kier alpha value is -1.46. The zero-order valence-electron chi connectivity index (χ0n) is 12.2. The second-order valence-corrected chi connectivity index (χ2v) is 6.33. The van der Waals surface area contributed by atoms with E-state index in [0.29, 0.717) is 11.8 Å². The fourth-order valence-corrected chi connectivity index (χ4v) is 2.73. The van der Waals surface area contributed by atoms with Crippen LogP contribution < -0.4 is 10.1 Å². The highest BCUT2D eigenvalue weighted by molar-refractivity contribution is 7.11. The van der Waals surface area contributed by atoms with Crippen LogP contribution in [0.1, 0.15) is 29.3 Å². The minimum Gasteiger partial charge on any atom is -0.481 e. The van der Waals surface area contributed by atoms with E-state index in [1.54, 1.807) is 18.4 Å². The van der Waals surface area contributed by atoms with Crippen LogP contribution >= 0.6 is 11.3 Å². The average Bonchev–Trinajstić information content (AvgIpc) is 2.87. The molecule has 0 aromatic carbocycles. The van der Waals surface area contributed by atoms with E-state index in [9.17, 15) is 0 Å². The van der Waals surface area contributed by atoms with Crippen molar-refractivity contribution in [2.75, 3.05) is 13.7 Å². The number of hydrogen-bond acceptors (Lipinski definition) is 5. The summed E-state index contributed by atoms with van der Waals surface area (Å²) in [5.41, 5.74) is 1.15. The van der Waals surface area contributed by atoms with Crippen molar-refractivity contribution in [2.24, 2.45) is 5.92 Å². The molecule has 1 N–H and O–H groups in total. The van der Waals surface area contributed by atoms with Gasteiger partial charge in [-0.15, -0.1) is 11.3 Å². The maximum atomic E-state index is 5.05. The highest BCUT2D eigenvalue weighted by Crippen LogP contribution is 2.17. The van der Waals surface area contributed by atoms with Crippen LogP contribution in [-0.4, -0.2) is 23.6 Å². The van der Waals surface area contributed by atoms with E-state index >= 15 is 0 Å². The first-order valence-electron chi connectivity index (χ1n) is 6.80. The Bertz CT molecular complexity index is 522. The summed E-state index contributed by atoms with van der Waals surface area (Å²) < 4.78 is 5.05. The molecule has 0 aliphatic heterocycles. The zero-order valence-corrected chi connectivity index (χ0v) is 13.0. The summed E-state index contributed by atoms with van der Waals surface area (Å²) >= 11 is 1.76. The molecule has 108 valence electrons. The van der Waals surface area contributed by atoms with Crippen molar-refractivity contribution in [3.05, 3.63) is 40.0 Å². The molecule has 4 nitrogen and oxygen atoms in total. The molecular weight excluding hydrogens is 270 g/mol. The molecule has 0 unspecified atom stereocenters. The van der Waals surface area contributed by atoms with Gasteiger partial charge in [0.25, 0.3) is 0 Å². The van der Waals surface area contributed by atoms with Crippen LogP contribution in [0.4, 0.5) is 0 Å². The zero-order chi connectivity index (χ0) is 14.4.